The highest BCUT2D eigenvalue weighted by Gasteiger charge is 2.22. The molecular weight excluding hydrogens is 502 g/mol. The van der Waals surface area contributed by atoms with Crippen LogP contribution in [0.1, 0.15) is 31.4 Å². The highest BCUT2D eigenvalue weighted by Crippen LogP contribution is 2.20. The first kappa shape index (κ1) is 28.7. The third-order valence-corrected chi connectivity index (χ3v) is 6.84. The van der Waals surface area contributed by atoms with Crippen molar-refractivity contribution < 1.29 is 14.4 Å². The summed E-state index contributed by atoms with van der Waals surface area (Å²) in [7, 11) is 0. The molecule has 3 aromatic carbocycles. The van der Waals surface area contributed by atoms with Crippen LogP contribution in [0.25, 0.3) is 0 Å². The maximum Gasteiger partial charge on any atom is 0.321 e. The van der Waals surface area contributed by atoms with Gasteiger partial charge in [0.1, 0.15) is 6.54 Å². The Morgan fingerprint density at radius 2 is 1.52 bits per heavy atom. The lowest BCUT2D eigenvalue weighted by atomic mass is 10.1. The van der Waals surface area contributed by atoms with E-state index >= 15 is 0 Å². The molecule has 1 aliphatic rings. The fourth-order valence-corrected chi connectivity index (χ4v) is 4.74. The van der Waals surface area contributed by atoms with Gasteiger partial charge >= 0.3 is 6.03 Å². The summed E-state index contributed by atoms with van der Waals surface area (Å²) in [6.07, 6.45) is 0.398. The molecule has 3 aromatic rings. The molecule has 0 aromatic heterocycles. The number of benzene rings is 3. The summed E-state index contributed by atoms with van der Waals surface area (Å²) in [5.74, 6) is -0.0455. The quantitative estimate of drug-likeness (QED) is 0.382. The van der Waals surface area contributed by atoms with E-state index in [0.29, 0.717) is 31.7 Å². The smallest absolute Gasteiger partial charge is 0.321 e. The van der Waals surface area contributed by atoms with Crippen LogP contribution in [0, 0.1) is 12.8 Å². The van der Waals surface area contributed by atoms with Gasteiger partial charge < -0.3 is 25.3 Å². The summed E-state index contributed by atoms with van der Waals surface area (Å²) in [5, 5.41) is 5.91. The second-order valence-corrected chi connectivity index (χ2v) is 10.7. The first-order valence-corrected chi connectivity index (χ1v) is 13.9. The van der Waals surface area contributed by atoms with E-state index in [2.05, 4.69) is 15.5 Å². The third kappa shape index (κ3) is 8.33. The lowest BCUT2D eigenvalue weighted by Gasteiger charge is -2.36. The van der Waals surface area contributed by atoms with Crippen LogP contribution in [0.4, 0.5) is 21.9 Å². The SMILES string of the molecule is Cc1cccc(NC(=O)N2CCN(c3ccc(NC(=O)CN(Cc4ccccc4)C(=O)CC(C)C)cc3)CC2)c1. The van der Waals surface area contributed by atoms with E-state index in [1.165, 1.54) is 0 Å². The summed E-state index contributed by atoms with van der Waals surface area (Å²) >= 11 is 0. The molecule has 1 aliphatic heterocycles. The Kier molecular flexibility index (Phi) is 9.78. The van der Waals surface area contributed by atoms with Crippen LogP contribution in [-0.2, 0) is 16.1 Å². The van der Waals surface area contributed by atoms with E-state index in [9.17, 15) is 14.4 Å². The monoisotopic (exact) mass is 541 g/mol. The fraction of sp³-hybridized carbons (Fsp3) is 0.344. The van der Waals surface area contributed by atoms with Gasteiger partial charge in [-0.3, -0.25) is 9.59 Å². The number of aryl methyl sites for hydroxylation is 1. The molecule has 40 heavy (non-hydrogen) atoms. The average Bonchev–Trinajstić information content (AvgIpc) is 2.93. The van der Waals surface area contributed by atoms with Crippen LogP contribution < -0.4 is 15.5 Å². The molecule has 0 unspecified atom stereocenters. The predicted octanol–water partition coefficient (Wildman–Crippen LogP) is 5.36. The molecule has 0 saturated carbocycles. The Labute approximate surface area is 237 Å². The van der Waals surface area contributed by atoms with E-state index in [1.54, 1.807) is 4.90 Å². The van der Waals surface area contributed by atoms with E-state index in [0.717, 1.165) is 35.6 Å². The van der Waals surface area contributed by atoms with Crippen molar-refractivity contribution in [2.24, 2.45) is 5.92 Å². The summed E-state index contributed by atoms with van der Waals surface area (Å²) in [6, 6.07) is 25.1. The lowest BCUT2D eigenvalue weighted by Crippen LogP contribution is -2.50. The minimum absolute atomic E-state index is 0.00519. The molecule has 0 aliphatic carbocycles. The van der Waals surface area contributed by atoms with Gasteiger partial charge in [0.2, 0.25) is 11.8 Å². The highest BCUT2D eigenvalue weighted by molar-refractivity contribution is 5.94. The average molecular weight is 542 g/mol. The van der Waals surface area contributed by atoms with Crippen molar-refractivity contribution in [3.8, 4) is 0 Å². The molecule has 210 valence electrons. The van der Waals surface area contributed by atoms with Crippen molar-refractivity contribution in [1.82, 2.24) is 9.80 Å². The van der Waals surface area contributed by atoms with Gasteiger partial charge in [0, 0.05) is 56.2 Å². The van der Waals surface area contributed by atoms with E-state index in [4.69, 9.17) is 0 Å². The molecule has 0 bridgehead atoms. The third-order valence-electron chi connectivity index (χ3n) is 6.84. The molecule has 0 spiro atoms. The van der Waals surface area contributed by atoms with Crippen molar-refractivity contribution >= 4 is 34.9 Å². The number of nitrogens with zero attached hydrogens (tertiary/aromatic N) is 3. The molecule has 4 rings (SSSR count). The molecule has 1 fully saturated rings. The van der Waals surface area contributed by atoms with Gasteiger partial charge in [-0.2, -0.15) is 0 Å². The van der Waals surface area contributed by atoms with Gasteiger partial charge in [0.05, 0.1) is 0 Å². The zero-order valence-electron chi connectivity index (χ0n) is 23.6. The van der Waals surface area contributed by atoms with Crippen LogP contribution in [-0.4, -0.2) is 60.4 Å². The molecule has 0 atom stereocenters. The first-order valence-electron chi connectivity index (χ1n) is 13.9. The summed E-state index contributed by atoms with van der Waals surface area (Å²) in [4.78, 5) is 44.1. The van der Waals surface area contributed by atoms with Gasteiger partial charge in [-0.1, -0.05) is 56.3 Å². The van der Waals surface area contributed by atoms with Crippen LogP contribution in [0.3, 0.4) is 0 Å². The molecule has 8 nitrogen and oxygen atoms in total. The number of rotatable bonds is 9. The Balaban J connectivity index is 1.28. The van der Waals surface area contributed by atoms with Crippen LogP contribution in [0.15, 0.2) is 78.9 Å². The maximum atomic E-state index is 12.9. The molecule has 0 radical (unpaired) electrons. The molecule has 2 N–H and O–H groups in total. The van der Waals surface area contributed by atoms with E-state index in [1.807, 2.05) is 105 Å². The fourth-order valence-electron chi connectivity index (χ4n) is 4.74. The number of carbonyl (C=O) groups excluding carboxylic acids is 3. The zero-order chi connectivity index (χ0) is 28.5. The second kappa shape index (κ2) is 13.6. The molecule has 1 heterocycles. The molecule has 1 saturated heterocycles. The minimum atomic E-state index is -0.228. The summed E-state index contributed by atoms with van der Waals surface area (Å²) in [5.41, 5.74) is 4.61. The van der Waals surface area contributed by atoms with Gasteiger partial charge in [0.25, 0.3) is 0 Å². The summed E-state index contributed by atoms with van der Waals surface area (Å²) in [6.45, 7) is 9.08. The Morgan fingerprint density at radius 3 is 2.17 bits per heavy atom. The van der Waals surface area contributed by atoms with E-state index < -0.39 is 0 Å². The van der Waals surface area contributed by atoms with Gasteiger partial charge in [0.15, 0.2) is 0 Å². The van der Waals surface area contributed by atoms with Crippen molar-refractivity contribution in [1.29, 1.82) is 0 Å². The largest absolute Gasteiger partial charge is 0.368 e. The van der Waals surface area contributed by atoms with Crippen molar-refractivity contribution in [2.45, 2.75) is 33.7 Å². The highest BCUT2D eigenvalue weighted by atomic mass is 16.2. The number of amides is 4. The Morgan fingerprint density at radius 1 is 0.825 bits per heavy atom. The minimum Gasteiger partial charge on any atom is -0.368 e. The number of piperazine rings is 1. The van der Waals surface area contributed by atoms with E-state index in [-0.39, 0.29) is 30.3 Å². The van der Waals surface area contributed by atoms with Crippen molar-refractivity contribution in [2.75, 3.05) is 48.3 Å². The first-order chi connectivity index (χ1) is 19.3. The topological polar surface area (TPSA) is 85.0 Å². The number of urea groups is 1. The number of anilines is 3. The number of hydrogen-bond acceptors (Lipinski definition) is 4. The second-order valence-electron chi connectivity index (χ2n) is 10.7. The normalized spacial score (nSPS) is 13.2. The van der Waals surface area contributed by atoms with Crippen LogP contribution in [0.5, 0.6) is 0 Å². The Hall–Kier alpha value is -4.33. The molecular formula is C32H39N5O3. The van der Waals surface area contributed by atoms with Gasteiger partial charge in [-0.05, 0) is 60.4 Å². The van der Waals surface area contributed by atoms with Gasteiger partial charge in [-0.15, -0.1) is 0 Å². The molecule has 4 amide bonds. The molecule has 8 heteroatoms. The number of hydrogen-bond donors (Lipinski definition) is 2. The lowest BCUT2D eigenvalue weighted by molar-refractivity contribution is -0.136. The standard InChI is InChI=1S/C32H39N5O3/c1-24(2)20-31(39)37(22-26-9-5-4-6-10-26)23-30(38)33-27-12-14-29(15-13-27)35-16-18-36(19-17-35)32(40)34-28-11-7-8-25(3)21-28/h4-15,21,24H,16-20,22-23H2,1-3H3,(H,33,38)(H,34,40). The van der Waals surface area contributed by atoms with Gasteiger partial charge in [-0.25, -0.2) is 4.79 Å². The zero-order valence-corrected chi connectivity index (χ0v) is 23.6. The van der Waals surface area contributed by atoms with Crippen molar-refractivity contribution in [3.63, 3.8) is 0 Å². The maximum absolute atomic E-state index is 12.9. The predicted molar refractivity (Wildman–Crippen MR) is 160 cm³/mol. The Bertz CT molecular complexity index is 1290. The summed E-state index contributed by atoms with van der Waals surface area (Å²) < 4.78 is 0. The number of nitrogens with one attached hydrogen (secondary N) is 2. The van der Waals surface area contributed by atoms with Crippen LogP contribution >= 0.6 is 0 Å². The van der Waals surface area contributed by atoms with Crippen LogP contribution in [0.2, 0.25) is 0 Å². The number of carbonyl (C=O) groups is 3. The van der Waals surface area contributed by atoms with Crippen molar-refractivity contribution in [3.05, 3.63) is 90.0 Å².